The van der Waals surface area contributed by atoms with Gasteiger partial charge in [-0.25, -0.2) is 0 Å². The number of halogens is 1. The van der Waals surface area contributed by atoms with E-state index in [-0.39, 0.29) is 24.2 Å². The molecule has 2 N–H and O–H groups in total. The van der Waals surface area contributed by atoms with E-state index < -0.39 is 0 Å². The molecular formula is C16H24ClN3O2. The highest BCUT2D eigenvalue weighted by Crippen LogP contribution is 2.09. The van der Waals surface area contributed by atoms with Crippen LogP contribution in [0.2, 0.25) is 0 Å². The van der Waals surface area contributed by atoms with E-state index in [9.17, 15) is 9.59 Å². The molecule has 5 nitrogen and oxygen atoms in total. The third-order valence-corrected chi connectivity index (χ3v) is 3.69. The molecule has 0 saturated carbocycles. The molecule has 1 aliphatic rings. The molecule has 1 heterocycles. The Morgan fingerprint density at radius 3 is 2.50 bits per heavy atom. The van der Waals surface area contributed by atoms with Crippen LogP contribution in [-0.4, -0.2) is 43.4 Å². The van der Waals surface area contributed by atoms with Gasteiger partial charge in [0.2, 0.25) is 5.91 Å². The molecule has 0 aliphatic carbocycles. The zero-order valence-electron chi connectivity index (χ0n) is 13.1. The van der Waals surface area contributed by atoms with Gasteiger partial charge in [0.05, 0.1) is 0 Å². The van der Waals surface area contributed by atoms with Crippen LogP contribution >= 0.6 is 12.4 Å². The summed E-state index contributed by atoms with van der Waals surface area (Å²) in [6.45, 7) is 1.52. The number of carbonyl (C=O) groups excluding carboxylic acids is 2. The molecule has 22 heavy (non-hydrogen) atoms. The van der Waals surface area contributed by atoms with Gasteiger partial charge >= 0.3 is 0 Å². The maximum Gasteiger partial charge on any atom is 0.253 e. The Kier molecular flexibility index (Phi) is 7.35. The van der Waals surface area contributed by atoms with Crippen LogP contribution in [0.25, 0.3) is 0 Å². The van der Waals surface area contributed by atoms with Crippen molar-refractivity contribution in [1.29, 1.82) is 0 Å². The normalized spacial score (nSPS) is 16.7. The van der Waals surface area contributed by atoms with E-state index >= 15 is 0 Å². The molecule has 1 unspecified atom stereocenters. The van der Waals surface area contributed by atoms with E-state index in [1.165, 1.54) is 0 Å². The van der Waals surface area contributed by atoms with Crippen LogP contribution in [0, 0.1) is 0 Å². The van der Waals surface area contributed by atoms with Gasteiger partial charge in [-0.05, 0) is 37.1 Å². The van der Waals surface area contributed by atoms with Gasteiger partial charge in [-0.15, -0.1) is 12.4 Å². The maximum absolute atomic E-state index is 11.8. The van der Waals surface area contributed by atoms with Gasteiger partial charge in [-0.2, -0.15) is 0 Å². The smallest absolute Gasteiger partial charge is 0.253 e. The van der Waals surface area contributed by atoms with Crippen LogP contribution in [0.4, 0.5) is 0 Å². The average Bonchev–Trinajstić information content (AvgIpc) is 2.97. The number of nitrogens with one attached hydrogen (secondary N) is 2. The van der Waals surface area contributed by atoms with Crippen LogP contribution in [0.3, 0.4) is 0 Å². The minimum Gasteiger partial charge on any atom is -0.352 e. The first-order valence-corrected chi connectivity index (χ1v) is 7.37. The van der Waals surface area contributed by atoms with E-state index in [1.54, 1.807) is 31.1 Å². The topological polar surface area (TPSA) is 61.4 Å². The molecule has 122 valence electrons. The SMILES string of the molecule is CN(C)C(=O)c1ccc(CNC(=O)CC2CCCN2)cc1.Cl. The molecule has 1 fully saturated rings. The summed E-state index contributed by atoms with van der Waals surface area (Å²) in [6, 6.07) is 7.67. The van der Waals surface area contributed by atoms with Gasteiger partial charge in [0.1, 0.15) is 0 Å². The molecule has 1 atom stereocenters. The monoisotopic (exact) mass is 325 g/mol. The van der Waals surface area contributed by atoms with Gasteiger partial charge < -0.3 is 15.5 Å². The second-order valence-corrected chi connectivity index (χ2v) is 5.67. The van der Waals surface area contributed by atoms with Crippen molar-refractivity contribution < 1.29 is 9.59 Å². The Balaban J connectivity index is 0.00000242. The van der Waals surface area contributed by atoms with Crippen LogP contribution < -0.4 is 10.6 Å². The summed E-state index contributed by atoms with van der Waals surface area (Å²) in [7, 11) is 3.46. The summed E-state index contributed by atoms with van der Waals surface area (Å²) in [5.41, 5.74) is 1.66. The minimum atomic E-state index is -0.0158. The fourth-order valence-electron chi connectivity index (χ4n) is 2.45. The molecule has 2 rings (SSSR count). The third kappa shape index (κ3) is 5.31. The van der Waals surface area contributed by atoms with Gasteiger partial charge in [0, 0.05) is 38.7 Å². The number of carbonyl (C=O) groups is 2. The number of hydrogen-bond donors (Lipinski definition) is 2. The predicted molar refractivity (Wildman–Crippen MR) is 89.2 cm³/mol. The van der Waals surface area contributed by atoms with Crippen molar-refractivity contribution in [2.24, 2.45) is 0 Å². The maximum atomic E-state index is 11.8. The van der Waals surface area contributed by atoms with Crippen LogP contribution in [0.1, 0.15) is 35.2 Å². The van der Waals surface area contributed by atoms with Crippen molar-refractivity contribution in [2.75, 3.05) is 20.6 Å². The van der Waals surface area contributed by atoms with Crippen molar-refractivity contribution >= 4 is 24.2 Å². The number of hydrogen-bond acceptors (Lipinski definition) is 3. The van der Waals surface area contributed by atoms with E-state index in [4.69, 9.17) is 0 Å². The summed E-state index contributed by atoms with van der Waals surface area (Å²) in [5, 5.41) is 6.24. The first-order chi connectivity index (χ1) is 10.1. The summed E-state index contributed by atoms with van der Waals surface area (Å²) in [4.78, 5) is 25.1. The summed E-state index contributed by atoms with van der Waals surface area (Å²) >= 11 is 0. The standard InChI is InChI=1S/C16H23N3O2.ClH/c1-19(2)16(21)13-7-5-12(6-8-13)11-18-15(20)10-14-4-3-9-17-14;/h5-8,14,17H,3-4,9-11H2,1-2H3,(H,18,20);1H. The van der Waals surface area contributed by atoms with Crippen molar-refractivity contribution in [3.63, 3.8) is 0 Å². The van der Waals surface area contributed by atoms with Crippen molar-refractivity contribution in [3.05, 3.63) is 35.4 Å². The highest BCUT2D eigenvalue weighted by Gasteiger charge is 2.17. The predicted octanol–water partition coefficient (Wildman–Crippen LogP) is 1.57. The third-order valence-electron chi connectivity index (χ3n) is 3.69. The van der Waals surface area contributed by atoms with E-state index in [0.717, 1.165) is 24.9 Å². The average molecular weight is 326 g/mol. The molecule has 6 heteroatoms. The number of amides is 2. The first-order valence-electron chi connectivity index (χ1n) is 7.37. The van der Waals surface area contributed by atoms with E-state index in [1.807, 2.05) is 12.1 Å². The van der Waals surface area contributed by atoms with Gasteiger partial charge in [0.25, 0.3) is 5.91 Å². The Labute approximate surface area is 137 Å². The number of nitrogens with zero attached hydrogens (tertiary/aromatic N) is 1. The Bertz CT molecular complexity index is 497. The highest BCUT2D eigenvalue weighted by molar-refractivity contribution is 5.93. The number of rotatable bonds is 5. The number of benzene rings is 1. The van der Waals surface area contributed by atoms with E-state index in [0.29, 0.717) is 24.6 Å². The lowest BCUT2D eigenvalue weighted by molar-refractivity contribution is -0.121. The summed E-state index contributed by atoms with van der Waals surface area (Å²) in [5.74, 6) is 0.0562. The molecule has 0 radical (unpaired) electrons. The quantitative estimate of drug-likeness (QED) is 0.864. The van der Waals surface area contributed by atoms with Crippen LogP contribution in [0.15, 0.2) is 24.3 Å². The van der Waals surface area contributed by atoms with Crippen LogP contribution in [0.5, 0.6) is 0 Å². The molecule has 1 aromatic carbocycles. The molecule has 0 bridgehead atoms. The van der Waals surface area contributed by atoms with Gasteiger partial charge in [-0.3, -0.25) is 9.59 Å². The Morgan fingerprint density at radius 2 is 1.95 bits per heavy atom. The molecule has 0 aromatic heterocycles. The molecule has 1 saturated heterocycles. The molecule has 2 amide bonds. The molecular weight excluding hydrogens is 302 g/mol. The molecule has 1 aromatic rings. The molecule has 1 aliphatic heterocycles. The van der Waals surface area contributed by atoms with Gasteiger partial charge in [0.15, 0.2) is 0 Å². The zero-order valence-corrected chi connectivity index (χ0v) is 13.9. The van der Waals surface area contributed by atoms with Crippen molar-refractivity contribution in [2.45, 2.75) is 31.8 Å². The second-order valence-electron chi connectivity index (χ2n) is 5.67. The van der Waals surface area contributed by atoms with E-state index in [2.05, 4.69) is 10.6 Å². The minimum absolute atomic E-state index is 0. The largest absolute Gasteiger partial charge is 0.352 e. The fraction of sp³-hybridized carbons (Fsp3) is 0.500. The Hall–Kier alpha value is -1.59. The summed E-state index contributed by atoms with van der Waals surface area (Å²) < 4.78 is 0. The highest BCUT2D eigenvalue weighted by atomic mass is 35.5. The molecule has 0 spiro atoms. The zero-order chi connectivity index (χ0) is 15.2. The van der Waals surface area contributed by atoms with Crippen molar-refractivity contribution in [1.82, 2.24) is 15.5 Å². The first kappa shape index (κ1) is 18.5. The van der Waals surface area contributed by atoms with Crippen molar-refractivity contribution in [3.8, 4) is 0 Å². The van der Waals surface area contributed by atoms with Gasteiger partial charge in [-0.1, -0.05) is 12.1 Å². The Morgan fingerprint density at radius 1 is 1.27 bits per heavy atom. The fourth-order valence-corrected chi connectivity index (χ4v) is 2.45. The lowest BCUT2D eigenvalue weighted by Gasteiger charge is -2.12. The summed E-state index contributed by atoms with van der Waals surface area (Å²) in [6.07, 6.45) is 2.77. The second kappa shape index (κ2) is 8.76. The van der Waals surface area contributed by atoms with Crippen LogP contribution in [-0.2, 0) is 11.3 Å². The lowest BCUT2D eigenvalue weighted by Crippen LogP contribution is -2.31. The lowest BCUT2D eigenvalue weighted by atomic mass is 10.1.